The minimum atomic E-state index is 0.328. The number of aromatic nitrogens is 2. The average molecular weight is 252 g/mol. The zero-order valence-electron chi connectivity index (χ0n) is 11.4. The first-order valence-electron chi connectivity index (χ1n) is 7.00. The van der Waals surface area contributed by atoms with Crippen molar-refractivity contribution in [1.82, 2.24) is 15.0 Å². The summed E-state index contributed by atoms with van der Waals surface area (Å²) in [6.07, 6.45) is 5.35. The highest BCUT2D eigenvalue weighted by molar-refractivity contribution is 4.97. The van der Waals surface area contributed by atoms with Gasteiger partial charge in [-0.25, -0.2) is 0 Å². The first-order chi connectivity index (χ1) is 8.72. The number of rotatable bonds is 5. The minimum absolute atomic E-state index is 0.328. The maximum absolute atomic E-state index is 5.49. The Kier molecular flexibility index (Phi) is 4.72. The van der Waals surface area contributed by atoms with Crippen LogP contribution < -0.4 is 5.73 Å². The van der Waals surface area contributed by atoms with Crippen LogP contribution in [0, 0.1) is 0 Å². The van der Waals surface area contributed by atoms with Gasteiger partial charge >= 0.3 is 0 Å². The zero-order chi connectivity index (χ0) is 13.0. The Morgan fingerprint density at radius 1 is 1.44 bits per heavy atom. The van der Waals surface area contributed by atoms with E-state index in [-0.39, 0.29) is 0 Å². The highest BCUT2D eigenvalue weighted by Crippen LogP contribution is 2.30. The molecular formula is C13H24N4O. The monoisotopic (exact) mass is 252 g/mol. The molecule has 1 aromatic rings. The molecule has 1 atom stereocenters. The number of hydrogen-bond donors (Lipinski definition) is 1. The standard InChI is InChI=1S/C13H24N4O/c1-10(2)17-9-4-3-6-11(17)13-15-12(18-16-13)7-5-8-14/h10-11H,3-9,14H2,1-2H3. The number of nitrogens with zero attached hydrogens (tertiary/aromatic N) is 3. The Morgan fingerprint density at radius 3 is 3.00 bits per heavy atom. The fourth-order valence-corrected chi connectivity index (χ4v) is 2.61. The lowest BCUT2D eigenvalue weighted by Gasteiger charge is -2.36. The third-order valence-electron chi connectivity index (χ3n) is 3.58. The molecule has 0 spiro atoms. The smallest absolute Gasteiger partial charge is 0.226 e. The zero-order valence-corrected chi connectivity index (χ0v) is 11.4. The molecule has 0 bridgehead atoms. The molecule has 0 amide bonds. The highest BCUT2D eigenvalue weighted by Gasteiger charge is 2.29. The Balaban J connectivity index is 2.06. The molecule has 5 nitrogen and oxygen atoms in total. The van der Waals surface area contributed by atoms with Gasteiger partial charge in [0.25, 0.3) is 0 Å². The molecule has 1 saturated heterocycles. The molecule has 18 heavy (non-hydrogen) atoms. The largest absolute Gasteiger partial charge is 0.339 e. The van der Waals surface area contributed by atoms with Crippen molar-refractivity contribution in [3.8, 4) is 0 Å². The van der Waals surface area contributed by atoms with Crippen LogP contribution in [0.25, 0.3) is 0 Å². The Hall–Kier alpha value is -0.940. The molecule has 0 radical (unpaired) electrons. The van der Waals surface area contributed by atoms with Gasteiger partial charge in [0.15, 0.2) is 5.82 Å². The summed E-state index contributed by atoms with van der Waals surface area (Å²) < 4.78 is 5.30. The second kappa shape index (κ2) is 6.29. The summed E-state index contributed by atoms with van der Waals surface area (Å²) in [4.78, 5) is 7.00. The second-order valence-corrected chi connectivity index (χ2v) is 5.28. The number of likely N-dealkylation sites (tertiary alicyclic amines) is 1. The van der Waals surface area contributed by atoms with Gasteiger partial charge in [-0.2, -0.15) is 4.98 Å². The molecule has 1 aliphatic rings. The SMILES string of the molecule is CC(C)N1CCCCC1c1noc(CCCN)n1. The summed E-state index contributed by atoms with van der Waals surface area (Å²) in [7, 11) is 0. The quantitative estimate of drug-likeness (QED) is 0.866. The number of piperidine rings is 1. The summed E-state index contributed by atoms with van der Waals surface area (Å²) in [5.41, 5.74) is 5.49. The van der Waals surface area contributed by atoms with E-state index in [1.54, 1.807) is 0 Å². The van der Waals surface area contributed by atoms with Crippen molar-refractivity contribution in [2.45, 2.75) is 58.0 Å². The van der Waals surface area contributed by atoms with Gasteiger partial charge in [0.1, 0.15) is 0 Å². The summed E-state index contributed by atoms with van der Waals surface area (Å²) in [6, 6.07) is 0.857. The van der Waals surface area contributed by atoms with Crippen molar-refractivity contribution in [3.05, 3.63) is 11.7 Å². The average Bonchev–Trinajstić information content (AvgIpc) is 2.85. The van der Waals surface area contributed by atoms with E-state index in [1.807, 2.05) is 0 Å². The topological polar surface area (TPSA) is 68.2 Å². The molecule has 1 unspecified atom stereocenters. The van der Waals surface area contributed by atoms with Crippen LogP contribution in [-0.2, 0) is 6.42 Å². The van der Waals surface area contributed by atoms with Crippen molar-refractivity contribution in [2.75, 3.05) is 13.1 Å². The lowest BCUT2D eigenvalue weighted by molar-refractivity contribution is 0.104. The predicted octanol–water partition coefficient (Wildman–Crippen LogP) is 1.90. The summed E-state index contributed by atoms with van der Waals surface area (Å²) >= 11 is 0. The van der Waals surface area contributed by atoms with Crippen LogP contribution in [0.1, 0.15) is 57.3 Å². The Labute approximate surface area is 109 Å². The van der Waals surface area contributed by atoms with Crippen LogP contribution in [0.2, 0.25) is 0 Å². The van der Waals surface area contributed by atoms with E-state index in [0.29, 0.717) is 18.6 Å². The molecule has 2 heterocycles. The maximum atomic E-state index is 5.49. The molecule has 2 N–H and O–H groups in total. The molecule has 1 aliphatic heterocycles. The van der Waals surface area contributed by atoms with Crippen molar-refractivity contribution in [1.29, 1.82) is 0 Å². The molecule has 102 valence electrons. The van der Waals surface area contributed by atoms with Crippen LogP contribution in [0.3, 0.4) is 0 Å². The van der Waals surface area contributed by atoms with E-state index in [2.05, 4.69) is 28.9 Å². The first kappa shape index (κ1) is 13.5. The number of hydrogen-bond acceptors (Lipinski definition) is 5. The van der Waals surface area contributed by atoms with E-state index >= 15 is 0 Å². The van der Waals surface area contributed by atoms with Crippen molar-refractivity contribution in [3.63, 3.8) is 0 Å². The molecule has 0 aromatic carbocycles. The maximum Gasteiger partial charge on any atom is 0.226 e. The number of aryl methyl sites for hydroxylation is 1. The van der Waals surface area contributed by atoms with Crippen LogP contribution in [0.5, 0.6) is 0 Å². The van der Waals surface area contributed by atoms with Gasteiger partial charge in [-0.15, -0.1) is 0 Å². The van der Waals surface area contributed by atoms with E-state index in [0.717, 1.165) is 37.5 Å². The molecule has 0 saturated carbocycles. The van der Waals surface area contributed by atoms with Crippen molar-refractivity contribution in [2.24, 2.45) is 5.73 Å². The van der Waals surface area contributed by atoms with Gasteiger partial charge in [0, 0.05) is 12.5 Å². The lowest BCUT2D eigenvalue weighted by atomic mass is 10.00. The van der Waals surface area contributed by atoms with E-state index < -0.39 is 0 Å². The highest BCUT2D eigenvalue weighted by atomic mass is 16.5. The third kappa shape index (κ3) is 3.09. The molecule has 5 heteroatoms. The van der Waals surface area contributed by atoms with E-state index in [1.165, 1.54) is 12.8 Å². The van der Waals surface area contributed by atoms with Gasteiger partial charge in [-0.1, -0.05) is 11.6 Å². The Bertz CT molecular complexity index is 364. The Morgan fingerprint density at radius 2 is 2.28 bits per heavy atom. The normalized spacial score (nSPS) is 21.7. The van der Waals surface area contributed by atoms with Crippen LogP contribution in [0.15, 0.2) is 4.52 Å². The summed E-state index contributed by atoms with van der Waals surface area (Å²) in [5, 5.41) is 4.16. The fraction of sp³-hybridized carbons (Fsp3) is 0.846. The van der Waals surface area contributed by atoms with Gasteiger partial charge in [0.2, 0.25) is 5.89 Å². The predicted molar refractivity (Wildman–Crippen MR) is 70.1 cm³/mol. The second-order valence-electron chi connectivity index (χ2n) is 5.28. The molecule has 2 rings (SSSR count). The van der Waals surface area contributed by atoms with Crippen molar-refractivity contribution >= 4 is 0 Å². The molecule has 1 aromatic heterocycles. The first-order valence-corrected chi connectivity index (χ1v) is 7.00. The van der Waals surface area contributed by atoms with E-state index in [4.69, 9.17) is 10.3 Å². The number of nitrogens with two attached hydrogens (primary N) is 1. The third-order valence-corrected chi connectivity index (χ3v) is 3.58. The minimum Gasteiger partial charge on any atom is -0.339 e. The molecule has 1 fully saturated rings. The van der Waals surface area contributed by atoms with Crippen LogP contribution >= 0.6 is 0 Å². The van der Waals surface area contributed by atoms with Gasteiger partial charge in [-0.3, -0.25) is 4.90 Å². The molecular weight excluding hydrogens is 228 g/mol. The summed E-state index contributed by atoms with van der Waals surface area (Å²) in [6.45, 7) is 6.26. The van der Waals surface area contributed by atoms with Crippen LogP contribution in [-0.4, -0.2) is 34.2 Å². The van der Waals surface area contributed by atoms with Crippen LogP contribution in [0.4, 0.5) is 0 Å². The van der Waals surface area contributed by atoms with Crippen molar-refractivity contribution < 1.29 is 4.52 Å². The molecule has 0 aliphatic carbocycles. The fourth-order valence-electron chi connectivity index (χ4n) is 2.61. The van der Waals surface area contributed by atoms with Gasteiger partial charge in [-0.05, 0) is 46.2 Å². The van der Waals surface area contributed by atoms with E-state index in [9.17, 15) is 0 Å². The lowest BCUT2D eigenvalue weighted by Crippen LogP contribution is -2.38. The van der Waals surface area contributed by atoms with Gasteiger partial charge < -0.3 is 10.3 Å². The summed E-state index contributed by atoms with van der Waals surface area (Å²) in [5.74, 6) is 1.58. The van der Waals surface area contributed by atoms with Gasteiger partial charge in [0.05, 0.1) is 6.04 Å².